The van der Waals surface area contributed by atoms with Gasteiger partial charge in [0, 0.05) is 6.08 Å². The van der Waals surface area contributed by atoms with Crippen LogP contribution in [-0.2, 0) is 14.3 Å². The monoisotopic (exact) mass is 250 g/mol. The summed E-state index contributed by atoms with van der Waals surface area (Å²) in [5.41, 5.74) is 0.679. The molecule has 0 spiro atoms. The number of ether oxygens (including phenoxy) is 2. The molecule has 0 amide bonds. The van der Waals surface area contributed by atoms with E-state index in [1.54, 1.807) is 31.2 Å². The van der Waals surface area contributed by atoms with Crippen molar-refractivity contribution in [3.8, 4) is 5.75 Å². The lowest BCUT2D eigenvalue weighted by molar-refractivity contribution is -0.145. The molecule has 5 heteroatoms. The Labute approximate surface area is 105 Å². The maximum absolute atomic E-state index is 11.1. The summed E-state index contributed by atoms with van der Waals surface area (Å²) < 4.78 is 9.93. The van der Waals surface area contributed by atoms with Crippen LogP contribution in [0.4, 0.5) is 0 Å². The Morgan fingerprint density at radius 1 is 1.39 bits per heavy atom. The van der Waals surface area contributed by atoms with E-state index in [1.165, 1.54) is 6.08 Å². The minimum Gasteiger partial charge on any atom is -0.482 e. The maximum Gasteiger partial charge on any atom is 0.344 e. The van der Waals surface area contributed by atoms with Gasteiger partial charge in [-0.2, -0.15) is 0 Å². The molecule has 1 aromatic rings. The molecule has 0 fully saturated rings. The third kappa shape index (κ3) is 5.16. The Morgan fingerprint density at radius 3 is 2.83 bits per heavy atom. The number of hydrogen-bond donors (Lipinski definition) is 1. The molecular weight excluding hydrogens is 236 g/mol. The van der Waals surface area contributed by atoms with Gasteiger partial charge < -0.3 is 14.6 Å². The minimum absolute atomic E-state index is 0.167. The maximum atomic E-state index is 11.1. The van der Waals surface area contributed by atoms with E-state index >= 15 is 0 Å². The lowest BCUT2D eigenvalue weighted by Gasteiger charge is -2.06. The van der Waals surface area contributed by atoms with Crippen molar-refractivity contribution in [2.75, 3.05) is 13.2 Å². The van der Waals surface area contributed by atoms with Crippen molar-refractivity contribution in [3.63, 3.8) is 0 Å². The fraction of sp³-hybridized carbons (Fsp3) is 0.231. The van der Waals surface area contributed by atoms with Crippen LogP contribution in [0.5, 0.6) is 5.75 Å². The van der Waals surface area contributed by atoms with Gasteiger partial charge in [-0.05, 0) is 30.7 Å². The summed E-state index contributed by atoms with van der Waals surface area (Å²) in [6.07, 6.45) is 2.48. The molecular formula is C13H14O5. The number of carbonyl (C=O) groups excluding carboxylic acids is 1. The normalized spacial score (nSPS) is 10.3. The number of benzene rings is 1. The largest absolute Gasteiger partial charge is 0.482 e. The second-order valence-corrected chi connectivity index (χ2v) is 3.34. The van der Waals surface area contributed by atoms with Crippen molar-refractivity contribution < 1.29 is 24.2 Å². The Morgan fingerprint density at radius 2 is 2.17 bits per heavy atom. The number of esters is 1. The zero-order valence-corrected chi connectivity index (χ0v) is 9.96. The van der Waals surface area contributed by atoms with Gasteiger partial charge in [0.2, 0.25) is 0 Å². The van der Waals surface area contributed by atoms with Gasteiger partial charge in [0.1, 0.15) is 5.75 Å². The summed E-state index contributed by atoms with van der Waals surface area (Å²) in [5.74, 6) is -0.979. The van der Waals surface area contributed by atoms with Crippen molar-refractivity contribution in [2.45, 2.75) is 6.92 Å². The van der Waals surface area contributed by atoms with Gasteiger partial charge in [0.25, 0.3) is 0 Å². The van der Waals surface area contributed by atoms with Crippen LogP contribution in [0.25, 0.3) is 6.08 Å². The lowest BCUT2D eigenvalue weighted by Crippen LogP contribution is -2.14. The molecule has 1 N–H and O–H groups in total. The molecule has 1 aromatic carbocycles. The first-order chi connectivity index (χ1) is 8.61. The van der Waals surface area contributed by atoms with Crippen LogP contribution in [0.1, 0.15) is 12.5 Å². The standard InChI is InChI=1S/C13H14O5/c1-2-17-13(16)9-18-11-5-3-4-10(8-11)6-7-12(14)15/h3-8H,2,9H2,1H3,(H,14,15)/b7-6+. The van der Waals surface area contributed by atoms with Gasteiger partial charge in [-0.15, -0.1) is 0 Å². The Balaban J connectivity index is 2.59. The Hall–Kier alpha value is -2.30. The summed E-state index contributed by atoms with van der Waals surface area (Å²) in [5, 5.41) is 8.50. The molecule has 0 aromatic heterocycles. The van der Waals surface area contributed by atoms with E-state index in [0.29, 0.717) is 17.9 Å². The molecule has 1 rings (SSSR count). The number of carbonyl (C=O) groups is 2. The third-order valence-corrected chi connectivity index (χ3v) is 1.94. The van der Waals surface area contributed by atoms with Crippen molar-refractivity contribution in [1.82, 2.24) is 0 Å². The number of carboxylic acid groups (broad SMARTS) is 1. The molecule has 96 valence electrons. The smallest absolute Gasteiger partial charge is 0.344 e. The van der Waals surface area contributed by atoms with E-state index in [0.717, 1.165) is 6.08 Å². The zero-order valence-electron chi connectivity index (χ0n) is 9.96. The molecule has 0 saturated heterocycles. The predicted octanol–water partition coefficient (Wildman–Crippen LogP) is 1.73. The zero-order chi connectivity index (χ0) is 13.4. The van der Waals surface area contributed by atoms with Crippen LogP contribution in [0.2, 0.25) is 0 Å². The van der Waals surface area contributed by atoms with Crippen molar-refractivity contribution >= 4 is 18.0 Å². The first-order valence-corrected chi connectivity index (χ1v) is 5.41. The fourth-order valence-electron chi connectivity index (χ4n) is 1.22. The van der Waals surface area contributed by atoms with Crippen LogP contribution in [-0.4, -0.2) is 30.3 Å². The fourth-order valence-corrected chi connectivity index (χ4v) is 1.22. The highest BCUT2D eigenvalue weighted by Crippen LogP contribution is 2.14. The van der Waals surface area contributed by atoms with Gasteiger partial charge in [0.15, 0.2) is 6.61 Å². The molecule has 0 unspecified atom stereocenters. The molecule has 5 nitrogen and oxygen atoms in total. The highest BCUT2D eigenvalue weighted by molar-refractivity contribution is 5.85. The molecule has 0 aliphatic rings. The van der Waals surface area contributed by atoms with Crippen LogP contribution in [0.3, 0.4) is 0 Å². The highest BCUT2D eigenvalue weighted by atomic mass is 16.6. The van der Waals surface area contributed by atoms with Crippen molar-refractivity contribution in [1.29, 1.82) is 0 Å². The van der Waals surface area contributed by atoms with Crippen molar-refractivity contribution in [2.24, 2.45) is 0 Å². The molecule has 0 atom stereocenters. The van der Waals surface area contributed by atoms with E-state index in [9.17, 15) is 9.59 Å². The van der Waals surface area contributed by atoms with Crippen LogP contribution in [0, 0.1) is 0 Å². The summed E-state index contributed by atoms with van der Waals surface area (Å²) in [6.45, 7) is 1.86. The molecule has 0 radical (unpaired) electrons. The van der Waals surface area contributed by atoms with Gasteiger partial charge in [-0.1, -0.05) is 12.1 Å². The van der Waals surface area contributed by atoms with E-state index in [1.807, 2.05) is 0 Å². The molecule has 0 bridgehead atoms. The van der Waals surface area contributed by atoms with Gasteiger partial charge in [-0.3, -0.25) is 0 Å². The summed E-state index contributed by atoms with van der Waals surface area (Å²) in [4.78, 5) is 21.4. The topological polar surface area (TPSA) is 72.8 Å². The average molecular weight is 250 g/mol. The van der Waals surface area contributed by atoms with Crippen molar-refractivity contribution in [3.05, 3.63) is 35.9 Å². The van der Waals surface area contributed by atoms with Gasteiger partial charge in [-0.25, -0.2) is 9.59 Å². The van der Waals surface area contributed by atoms with E-state index in [2.05, 4.69) is 0 Å². The molecule has 0 heterocycles. The average Bonchev–Trinajstić information content (AvgIpc) is 2.35. The van der Waals surface area contributed by atoms with Crippen LogP contribution < -0.4 is 4.74 Å². The number of aliphatic carboxylic acids is 1. The van der Waals surface area contributed by atoms with Gasteiger partial charge in [0.05, 0.1) is 6.61 Å². The number of carboxylic acids is 1. The lowest BCUT2D eigenvalue weighted by atomic mass is 10.2. The molecule has 0 saturated carbocycles. The highest BCUT2D eigenvalue weighted by Gasteiger charge is 2.02. The second kappa shape index (κ2) is 7.11. The molecule has 0 aliphatic carbocycles. The molecule has 0 aliphatic heterocycles. The predicted molar refractivity (Wildman–Crippen MR) is 65.2 cm³/mol. The van der Waals surface area contributed by atoms with Crippen LogP contribution in [0.15, 0.2) is 30.3 Å². The number of hydrogen-bond acceptors (Lipinski definition) is 4. The van der Waals surface area contributed by atoms with E-state index < -0.39 is 11.9 Å². The third-order valence-electron chi connectivity index (χ3n) is 1.94. The summed E-state index contributed by atoms with van der Waals surface area (Å²) in [7, 11) is 0. The quantitative estimate of drug-likeness (QED) is 0.614. The first-order valence-electron chi connectivity index (χ1n) is 5.41. The minimum atomic E-state index is -1.02. The van der Waals surface area contributed by atoms with E-state index in [-0.39, 0.29) is 6.61 Å². The second-order valence-electron chi connectivity index (χ2n) is 3.34. The number of rotatable bonds is 6. The summed E-state index contributed by atoms with van der Waals surface area (Å²) >= 11 is 0. The van der Waals surface area contributed by atoms with E-state index in [4.69, 9.17) is 14.6 Å². The Kier molecular flexibility index (Phi) is 5.44. The molecule has 18 heavy (non-hydrogen) atoms. The van der Waals surface area contributed by atoms with Crippen LogP contribution >= 0.6 is 0 Å². The van der Waals surface area contributed by atoms with Gasteiger partial charge >= 0.3 is 11.9 Å². The Bertz CT molecular complexity index is 450. The summed E-state index contributed by atoms with van der Waals surface area (Å²) in [6, 6.07) is 6.76. The SMILES string of the molecule is CCOC(=O)COc1cccc(/C=C/C(=O)O)c1. The first kappa shape index (κ1) is 13.8.